The maximum atomic E-state index is 12.8. The minimum atomic E-state index is -0.853. The van der Waals surface area contributed by atoms with E-state index in [2.05, 4.69) is 154 Å². The molecule has 0 bridgehead atoms. The molecule has 0 heterocycles. The van der Waals surface area contributed by atoms with E-state index in [1.807, 2.05) is 6.08 Å². The van der Waals surface area contributed by atoms with Crippen molar-refractivity contribution in [2.75, 3.05) is 13.2 Å². The van der Waals surface area contributed by atoms with Gasteiger partial charge in [-0.05, 0) is 122 Å². The van der Waals surface area contributed by atoms with Crippen molar-refractivity contribution in [2.24, 2.45) is 0 Å². The van der Waals surface area contributed by atoms with Gasteiger partial charge in [-0.25, -0.2) is 0 Å². The van der Waals surface area contributed by atoms with E-state index in [-0.39, 0.29) is 31.6 Å². The van der Waals surface area contributed by atoms with Gasteiger partial charge in [0.1, 0.15) is 13.2 Å². The number of carbonyl (C=O) groups is 3. The van der Waals surface area contributed by atoms with Crippen molar-refractivity contribution in [3.63, 3.8) is 0 Å². The number of hydrogen-bond acceptors (Lipinski definition) is 6. The summed E-state index contributed by atoms with van der Waals surface area (Å²) in [4.78, 5) is 38.0. The molecule has 0 spiro atoms. The lowest BCUT2D eigenvalue weighted by Gasteiger charge is -2.18. The number of carbonyl (C=O) groups excluding carboxylic acids is 3. The van der Waals surface area contributed by atoms with Crippen LogP contribution in [-0.4, -0.2) is 37.2 Å². The average Bonchev–Trinajstić information content (AvgIpc) is 3.35. The number of ether oxygens (including phenoxy) is 3. The molecule has 0 fully saturated rings. The van der Waals surface area contributed by atoms with Gasteiger partial charge in [0.15, 0.2) is 6.10 Å². The van der Waals surface area contributed by atoms with E-state index in [0.29, 0.717) is 19.3 Å². The number of rotatable bonds is 47. The van der Waals surface area contributed by atoms with E-state index in [9.17, 15) is 14.4 Å². The highest BCUT2D eigenvalue weighted by molar-refractivity contribution is 5.72. The van der Waals surface area contributed by atoms with Crippen molar-refractivity contribution in [1.29, 1.82) is 0 Å². The third-order valence-corrected chi connectivity index (χ3v) is 10.8. The van der Waals surface area contributed by atoms with Gasteiger partial charge < -0.3 is 14.2 Å². The van der Waals surface area contributed by atoms with Crippen molar-refractivity contribution >= 4 is 17.9 Å². The summed E-state index contributed by atoms with van der Waals surface area (Å²) in [6, 6.07) is 0. The molecule has 0 amide bonds. The lowest BCUT2D eigenvalue weighted by Crippen LogP contribution is -2.30. The minimum absolute atomic E-state index is 0.0823. The summed E-state index contributed by atoms with van der Waals surface area (Å²) in [7, 11) is 0. The van der Waals surface area contributed by atoms with E-state index in [1.54, 1.807) is 6.08 Å². The van der Waals surface area contributed by atoms with Crippen LogP contribution in [0.3, 0.4) is 0 Å². The van der Waals surface area contributed by atoms with Crippen LogP contribution < -0.4 is 0 Å². The molecule has 1 unspecified atom stereocenters. The Kier molecular flexibility index (Phi) is 52.1. The van der Waals surface area contributed by atoms with Crippen molar-refractivity contribution in [3.8, 4) is 0 Å². The summed E-state index contributed by atoms with van der Waals surface area (Å²) in [5, 5.41) is 0. The molecule has 0 aliphatic rings. The molecular weight excluding hydrogens is 853 g/mol. The van der Waals surface area contributed by atoms with Gasteiger partial charge in [0.25, 0.3) is 0 Å². The van der Waals surface area contributed by atoms with Gasteiger partial charge in [0, 0.05) is 12.8 Å². The molecule has 0 aromatic heterocycles. The van der Waals surface area contributed by atoms with Crippen LogP contribution in [0.2, 0.25) is 0 Å². The van der Waals surface area contributed by atoms with E-state index >= 15 is 0 Å². The van der Waals surface area contributed by atoms with Crippen molar-refractivity contribution in [1.82, 2.24) is 0 Å². The summed E-state index contributed by atoms with van der Waals surface area (Å²) in [6.07, 6.45) is 80.0. The largest absolute Gasteiger partial charge is 0.462 e. The molecule has 6 heteroatoms. The highest BCUT2D eigenvalue weighted by Gasteiger charge is 2.19. The zero-order valence-corrected chi connectivity index (χ0v) is 44.0. The second-order valence-electron chi connectivity index (χ2n) is 17.4. The first kappa shape index (κ1) is 64.3. The summed E-state index contributed by atoms with van der Waals surface area (Å²) in [5.41, 5.74) is 0. The van der Waals surface area contributed by atoms with Gasteiger partial charge in [-0.15, -0.1) is 0 Å². The fourth-order valence-corrected chi connectivity index (χ4v) is 6.81. The first-order valence-electron chi connectivity index (χ1n) is 27.3. The van der Waals surface area contributed by atoms with Crippen LogP contribution in [0.25, 0.3) is 0 Å². The Morgan fingerprint density at radius 1 is 0.319 bits per heavy atom. The quantitative estimate of drug-likeness (QED) is 0.0262. The Morgan fingerprint density at radius 3 is 0.957 bits per heavy atom. The SMILES string of the molecule is CC/C=C\C/C=C\C/C=C\C/C=C\C/C=C\CCCCCCCC(=O)OCC(COC(=O)CCCCCCC/C=C\C/C=C\CCCCC)OC(=O)C/C=C\C/C=C\C/C=C\C/C=C\C/C=C\CC. The molecule has 1 atom stereocenters. The van der Waals surface area contributed by atoms with Gasteiger partial charge >= 0.3 is 17.9 Å². The molecule has 0 N–H and O–H groups in total. The third kappa shape index (κ3) is 54.1. The van der Waals surface area contributed by atoms with E-state index in [0.717, 1.165) is 141 Å². The van der Waals surface area contributed by atoms with Crippen LogP contribution in [-0.2, 0) is 28.6 Å². The summed E-state index contributed by atoms with van der Waals surface area (Å²) in [5.74, 6) is -1.11. The van der Waals surface area contributed by atoms with Crippen LogP contribution in [0.15, 0.2) is 146 Å². The van der Waals surface area contributed by atoms with Crippen LogP contribution in [0.5, 0.6) is 0 Å². The Hall–Kier alpha value is -4.71. The molecule has 0 aliphatic carbocycles. The maximum absolute atomic E-state index is 12.8. The van der Waals surface area contributed by atoms with Crippen molar-refractivity contribution < 1.29 is 28.6 Å². The lowest BCUT2D eigenvalue weighted by atomic mass is 10.1. The molecule has 0 radical (unpaired) electrons. The molecule has 0 saturated heterocycles. The Labute approximate surface area is 423 Å². The topological polar surface area (TPSA) is 78.9 Å². The molecule has 69 heavy (non-hydrogen) atoms. The molecule has 0 saturated carbocycles. The van der Waals surface area contributed by atoms with E-state index < -0.39 is 12.1 Å². The molecule has 6 nitrogen and oxygen atoms in total. The van der Waals surface area contributed by atoms with Crippen LogP contribution in [0, 0.1) is 0 Å². The zero-order valence-electron chi connectivity index (χ0n) is 44.0. The second-order valence-corrected chi connectivity index (χ2v) is 17.4. The van der Waals surface area contributed by atoms with Gasteiger partial charge in [0.05, 0.1) is 6.42 Å². The summed E-state index contributed by atoms with van der Waals surface area (Å²) < 4.78 is 16.7. The molecule has 0 aromatic rings. The molecule has 0 aliphatic heterocycles. The minimum Gasteiger partial charge on any atom is -0.462 e. The first-order valence-corrected chi connectivity index (χ1v) is 27.3. The Balaban J connectivity index is 4.56. The maximum Gasteiger partial charge on any atom is 0.310 e. The first-order chi connectivity index (χ1) is 34.0. The van der Waals surface area contributed by atoms with Gasteiger partial charge in [-0.3, -0.25) is 14.4 Å². The molecule has 386 valence electrons. The van der Waals surface area contributed by atoms with Crippen LogP contribution >= 0.6 is 0 Å². The Bertz CT molecular complexity index is 1560. The van der Waals surface area contributed by atoms with Crippen LogP contribution in [0.1, 0.15) is 213 Å². The standard InChI is InChI=1S/C63H98O6/c1-4-7-10-13-16-19-22-25-28-29-30-31-32-33-36-38-41-44-47-50-53-56-62(65)68-59-60(69-63(66)57-54-51-48-45-42-39-35-27-24-21-18-15-12-9-6-3)58-67-61(64)55-52-49-46-43-40-37-34-26-23-20-17-14-11-8-5-2/h7,9-10,12,16-21,25-28,30-31,33-36,42,45,51,54,60H,4-6,8,11,13-15,22-24,29,32,37-41,43-44,46-50,52-53,55-59H2,1-3H3/b10-7-,12-9-,19-16-,20-17-,21-18-,28-25-,31-30-,34-26-,35-27-,36-33-,45-42-,54-51-. The molecule has 0 aromatic carbocycles. The number of esters is 3. The second kappa shape index (κ2) is 55.9. The fourth-order valence-electron chi connectivity index (χ4n) is 6.81. The predicted molar refractivity (Wildman–Crippen MR) is 297 cm³/mol. The Morgan fingerprint density at radius 2 is 0.609 bits per heavy atom. The normalized spacial score (nSPS) is 13.3. The zero-order chi connectivity index (χ0) is 50.0. The molecule has 0 rings (SSSR count). The number of unbranched alkanes of at least 4 members (excludes halogenated alkanes) is 13. The summed E-state index contributed by atoms with van der Waals surface area (Å²) >= 11 is 0. The molecular formula is C63H98O6. The predicted octanol–water partition coefficient (Wildman–Crippen LogP) is 18.4. The average molecular weight is 951 g/mol. The van der Waals surface area contributed by atoms with E-state index in [1.165, 1.54) is 25.7 Å². The number of hydrogen-bond donors (Lipinski definition) is 0. The highest BCUT2D eigenvalue weighted by atomic mass is 16.6. The van der Waals surface area contributed by atoms with Gasteiger partial charge in [-0.2, -0.15) is 0 Å². The number of allylic oxidation sites excluding steroid dienone is 23. The van der Waals surface area contributed by atoms with E-state index in [4.69, 9.17) is 14.2 Å². The van der Waals surface area contributed by atoms with Gasteiger partial charge in [0.2, 0.25) is 0 Å². The van der Waals surface area contributed by atoms with Crippen molar-refractivity contribution in [2.45, 2.75) is 219 Å². The smallest absolute Gasteiger partial charge is 0.310 e. The monoisotopic (exact) mass is 951 g/mol. The highest BCUT2D eigenvalue weighted by Crippen LogP contribution is 2.12. The van der Waals surface area contributed by atoms with Crippen molar-refractivity contribution in [3.05, 3.63) is 146 Å². The van der Waals surface area contributed by atoms with Crippen LogP contribution in [0.4, 0.5) is 0 Å². The summed E-state index contributed by atoms with van der Waals surface area (Å²) in [6.45, 7) is 6.25. The van der Waals surface area contributed by atoms with Gasteiger partial charge in [-0.1, -0.05) is 218 Å². The fraction of sp³-hybridized carbons (Fsp3) is 0.571. The third-order valence-electron chi connectivity index (χ3n) is 10.8. The lowest BCUT2D eigenvalue weighted by molar-refractivity contribution is -0.166.